The highest BCUT2D eigenvalue weighted by Crippen LogP contribution is 2.18. The van der Waals surface area contributed by atoms with Crippen LogP contribution in [0.1, 0.15) is 11.1 Å². The van der Waals surface area contributed by atoms with Crippen LogP contribution in [0.3, 0.4) is 0 Å². The normalized spacial score (nSPS) is 11.4. The van der Waals surface area contributed by atoms with Gasteiger partial charge in [-0.2, -0.15) is 5.26 Å². The summed E-state index contributed by atoms with van der Waals surface area (Å²) in [7, 11) is 0. The van der Waals surface area contributed by atoms with Crippen LogP contribution in [0.5, 0.6) is 0 Å². The first-order valence-electron chi connectivity index (χ1n) is 8.25. The van der Waals surface area contributed by atoms with Crippen molar-refractivity contribution < 1.29 is 4.79 Å². The summed E-state index contributed by atoms with van der Waals surface area (Å²) in [6, 6.07) is 13.2. The Labute approximate surface area is 155 Å². The van der Waals surface area contributed by atoms with E-state index in [9.17, 15) is 9.59 Å². The second-order valence-electron chi connectivity index (χ2n) is 5.98. The van der Waals surface area contributed by atoms with Gasteiger partial charge in [0.05, 0.1) is 17.7 Å². The highest BCUT2D eigenvalue weighted by Gasteiger charge is 2.16. The number of hydrogen-bond acceptors (Lipinski definition) is 5. The van der Waals surface area contributed by atoms with Crippen LogP contribution in [0.25, 0.3) is 11.1 Å². The molecule has 0 spiro atoms. The van der Waals surface area contributed by atoms with Crippen molar-refractivity contribution in [2.45, 2.75) is 12.5 Å². The Morgan fingerprint density at radius 3 is 2.56 bits per heavy atom. The van der Waals surface area contributed by atoms with Crippen molar-refractivity contribution >= 4 is 11.6 Å². The second-order valence-corrected chi connectivity index (χ2v) is 5.98. The number of amides is 1. The molecule has 0 bridgehead atoms. The molecule has 3 aromatic rings. The Kier molecular flexibility index (Phi) is 5.40. The molecule has 0 aliphatic carbocycles. The fourth-order valence-corrected chi connectivity index (χ4v) is 2.58. The number of nitrogens with one attached hydrogen (secondary N) is 2. The van der Waals surface area contributed by atoms with Gasteiger partial charge in [0.2, 0.25) is 5.91 Å². The van der Waals surface area contributed by atoms with Gasteiger partial charge in [0, 0.05) is 24.2 Å². The molecule has 0 unspecified atom stereocenters. The molecule has 7 heteroatoms. The monoisotopic (exact) mass is 359 g/mol. The number of H-pyrrole nitrogens is 1. The lowest BCUT2D eigenvalue weighted by Crippen LogP contribution is -2.38. The van der Waals surface area contributed by atoms with E-state index in [-0.39, 0.29) is 5.69 Å². The summed E-state index contributed by atoms with van der Waals surface area (Å²) in [5.74, 6) is -0.461. The molecule has 0 saturated heterocycles. The number of pyridine rings is 2. The molecule has 134 valence electrons. The number of hydrogen-bond donors (Lipinski definition) is 3. The zero-order chi connectivity index (χ0) is 19.2. The first kappa shape index (κ1) is 18.0. The van der Waals surface area contributed by atoms with E-state index in [0.717, 1.165) is 16.7 Å². The predicted octanol–water partition coefficient (Wildman–Crippen LogP) is 1.82. The van der Waals surface area contributed by atoms with E-state index >= 15 is 0 Å². The van der Waals surface area contributed by atoms with E-state index < -0.39 is 17.5 Å². The Hall–Kier alpha value is -3.76. The quantitative estimate of drug-likeness (QED) is 0.641. The number of benzene rings is 1. The molecular weight excluding hydrogens is 342 g/mol. The Balaban J connectivity index is 1.73. The maximum atomic E-state index is 12.4. The molecule has 0 fully saturated rings. The lowest BCUT2D eigenvalue weighted by atomic mass is 10.0. The van der Waals surface area contributed by atoms with Gasteiger partial charge in [0.1, 0.15) is 5.69 Å². The zero-order valence-corrected chi connectivity index (χ0v) is 14.3. The van der Waals surface area contributed by atoms with Gasteiger partial charge >= 0.3 is 0 Å². The fourth-order valence-electron chi connectivity index (χ4n) is 2.58. The van der Waals surface area contributed by atoms with Crippen molar-refractivity contribution in [3.63, 3.8) is 0 Å². The molecule has 0 radical (unpaired) electrons. The van der Waals surface area contributed by atoms with Gasteiger partial charge in [-0.05, 0) is 47.9 Å². The number of carbonyl (C=O) groups excluding carboxylic acids is 1. The van der Waals surface area contributed by atoms with Crippen LogP contribution in [0, 0.1) is 11.3 Å². The zero-order valence-electron chi connectivity index (χ0n) is 14.3. The van der Waals surface area contributed by atoms with Crippen LogP contribution in [-0.4, -0.2) is 21.9 Å². The molecule has 3 rings (SSSR count). The SMILES string of the molecule is N#Cc1ccc(C[C@H](N)C(=O)Nc2cc(-c3ccncc3)c[nH]c2=O)cc1. The summed E-state index contributed by atoms with van der Waals surface area (Å²) >= 11 is 0. The maximum absolute atomic E-state index is 12.4. The predicted molar refractivity (Wildman–Crippen MR) is 102 cm³/mol. The third kappa shape index (κ3) is 4.45. The van der Waals surface area contributed by atoms with E-state index in [1.807, 2.05) is 6.07 Å². The van der Waals surface area contributed by atoms with Gasteiger partial charge < -0.3 is 16.0 Å². The number of carbonyl (C=O) groups is 1. The molecule has 0 aliphatic heterocycles. The van der Waals surface area contributed by atoms with Crippen LogP contribution in [-0.2, 0) is 11.2 Å². The molecule has 2 heterocycles. The first-order valence-corrected chi connectivity index (χ1v) is 8.25. The van der Waals surface area contributed by atoms with Crippen LogP contribution in [0.15, 0.2) is 65.8 Å². The largest absolute Gasteiger partial charge is 0.327 e. The summed E-state index contributed by atoms with van der Waals surface area (Å²) in [4.78, 5) is 31.0. The number of nitriles is 1. The minimum atomic E-state index is -0.832. The van der Waals surface area contributed by atoms with Crippen molar-refractivity contribution in [2.24, 2.45) is 5.73 Å². The van der Waals surface area contributed by atoms with Crippen LogP contribution in [0.4, 0.5) is 5.69 Å². The number of nitrogens with two attached hydrogens (primary N) is 1. The highest BCUT2D eigenvalue weighted by molar-refractivity contribution is 5.95. The molecule has 1 amide bonds. The molecule has 27 heavy (non-hydrogen) atoms. The van der Waals surface area contributed by atoms with Gasteiger partial charge in [-0.1, -0.05) is 12.1 Å². The average Bonchev–Trinajstić information content (AvgIpc) is 2.70. The maximum Gasteiger partial charge on any atom is 0.271 e. The summed E-state index contributed by atoms with van der Waals surface area (Å²) in [6.07, 6.45) is 5.15. The molecular formula is C20H17N5O2. The summed E-state index contributed by atoms with van der Waals surface area (Å²) < 4.78 is 0. The molecule has 2 aromatic heterocycles. The lowest BCUT2D eigenvalue weighted by molar-refractivity contribution is -0.117. The van der Waals surface area contributed by atoms with Crippen molar-refractivity contribution in [1.29, 1.82) is 5.26 Å². The smallest absolute Gasteiger partial charge is 0.271 e. The number of rotatable bonds is 5. The van der Waals surface area contributed by atoms with Gasteiger partial charge in [0.25, 0.3) is 5.56 Å². The van der Waals surface area contributed by atoms with Crippen molar-refractivity contribution in [3.8, 4) is 17.2 Å². The van der Waals surface area contributed by atoms with Crippen LogP contribution < -0.4 is 16.6 Å². The van der Waals surface area contributed by atoms with E-state index in [4.69, 9.17) is 11.0 Å². The fraction of sp³-hybridized carbons (Fsp3) is 0.100. The summed E-state index contributed by atoms with van der Waals surface area (Å²) in [5.41, 5.74) is 8.66. The first-order chi connectivity index (χ1) is 13.1. The van der Waals surface area contributed by atoms with E-state index in [0.29, 0.717) is 12.0 Å². The third-order valence-corrected chi connectivity index (χ3v) is 4.05. The average molecular weight is 359 g/mol. The number of nitrogens with zero attached hydrogens (tertiary/aromatic N) is 2. The van der Waals surface area contributed by atoms with E-state index in [1.54, 1.807) is 61.1 Å². The minimum Gasteiger partial charge on any atom is -0.327 e. The van der Waals surface area contributed by atoms with Gasteiger partial charge in [0.15, 0.2) is 0 Å². The number of anilines is 1. The number of aromatic nitrogens is 2. The Morgan fingerprint density at radius 2 is 1.89 bits per heavy atom. The third-order valence-electron chi connectivity index (χ3n) is 4.05. The van der Waals surface area contributed by atoms with Gasteiger partial charge in [-0.15, -0.1) is 0 Å². The van der Waals surface area contributed by atoms with Gasteiger partial charge in [-0.25, -0.2) is 0 Å². The van der Waals surface area contributed by atoms with Crippen LogP contribution in [0.2, 0.25) is 0 Å². The van der Waals surface area contributed by atoms with Crippen molar-refractivity contribution in [2.75, 3.05) is 5.32 Å². The second kappa shape index (κ2) is 8.08. The molecule has 0 saturated carbocycles. The van der Waals surface area contributed by atoms with Crippen molar-refractivity contribution in [3.05, 3.63) is 82.5 Å². The van der Waals surface area contributed by atoms with Crippen molar-refractivity contribution in [1.82, 2.24) is 9.97 Å². The summed E-state index contributed by atoms with van der Waals surface area (Å²) in [5, 5.41) is 11.4. The molecule has 4 N–H and O–H groups in total. The van der Waals surface area contributed by atoms with E-state index in [2.05, 4.69) is 15.3 Å². The standard InChI is InChI=1S/C20H17N5O2/c21-11-14-3-1-13(2-4-14)9-17(22)19(26)25-18-10-16(12-24-20(18)27)15-5-7-23-8-6-15/h1-8,10,12,17H,9,22H2,(H,24,27)(H,25,26)/t17-/m0/s1. The topological polar surface area (TPSA) is 125 Å². The molecule has 1 atom stereocenters. The highest BCUT2D eigenvalue weighted by atomic mass is 16.2. The minimum absolute atomic E-state index is 0.129. The summed E-state index contributed by atoms with van der Waals surface area (Å²) in [6.45, 7) is 0. The number of aromatic amines is 1. The molecule has 7 nitrogen and oxygen atoms in total. The Bertz CT molecular complexity index is 1040. The van der Waals surface area contributed by atoms with Gasteiger partial charge in [-0.3, -0.25) is 14.6 Å². The molecule has 1 aromatic carbocycles. The molecule has 0 aliphatic rings. The Morgan fingerprint density at radius 1 is 1.19 bits per heavy atom. The van der Waals surface area contributed by atoms with Crippen LogP contribution >= 0.6 is 0 Å². The lowest BCUT2D eigenvalue weighted by Gasteiger charge is -2.13. The van der Waals surface area contributed by atoms with E-state index in [1.165, 1.54) is 0 Å².